The number of hydrogen-bond acceptors (Lipinski definition) is 5. The lowest BCUT2D eigenvalue weighted by Crippen LogP contribution is -2.47. The van der Waals surface area contributed by atoms with E-state index in [9.17, 15) is 9.59 Å². The summed E-state index contributed by atoms with van der Waals surface area (Å²) >= 11 is 0. The van der Waals surface area contributed by atoms with Crippen LogP contribution in [0.15, 0.2) is 12.3 Å². The molecule has 0 spiro atoms. The number of aryl methyl sites for hydroxylation is 1. The van der Waals surface area contributed by atoms with Crippen LogP contribution in [0.2, 0.25) is 0 Å². The van der Waals surface area contributed by atoms with Crippen molar-refractivity contribution in [3.05, 3.63) is 18.1 Å². The average Bonchev–Trinajstić information content (AvgIpc) is 2.45. The first-order valence-electron chi connectivity index (χ1n) is 7.03. The van der Waals surface area contributed by atoms with E-state index in [4.69, 9.17) is 4.74 Å². The second-order valence-electron chi connectivity index (χ2n) is 5.07. The van der Waals surface area contributed by atoms with Crippen LogP contribution in [0.25, 0.3) is 0 Å². The van der Waals surface area contributed by atoms with Crippen molar-refractivity contribution in [3.63, 3.8) is 0 Å². The highest BCUT2D eigenvalue weighted by Crippen LogP contribution is 2.16. The normalized spacial score (nSPS) is 18.2. The summed E-state index contributed by atoms with van der Waals surface area (Å²) in [5.74, 6) is 0.896. The number of ether oxygens (including phenoxy) is 1. The first-order valence-corrected chi connectivity index (χ1v) is 7.03. The molecule has 0 bridgehead atoms. The Morgan fingerprint density at radius 3 is 3.05 bits per heavy atom. The van der Waals surface area contributed by atoms with E-state index >= 15 is 0 Å². The second kappa shape index (κ2) is 7.01. The van der Waals surface area contributed by atoms with Crippen molar-refractivity contribution in [2.75, 3.05) is 19.6 Å². The number of carbonyl (C=O) groups excluding carboxylic acids is 2. The Kier molecular flexibility index (Phi) is 5.08. The molecule has 0 saturated carbocycles. The van der Waals surface area contributed by atoms with Crippen LogP contribution >= 0.6 is 0 Å². The van der Waals surface area contributed by atoms with Gasteiger partial charge in [-0.25, -0.2) is 4.98 Å². The molecule has 2 heterocycles. The predicted octanol–water partition coefficient (Wildman–Crippen LogP) is 0.291. The monoisotopic (exact) mass is 292 g/mol. The Labute approximate surface area is 123 Å². The number of hydrogen-bond donors (Lipinski definition) is 1. The molecule has 1 fully saturated rings. The third-order valence-corrected chi connectivity index (χ3v) is 3.26. The van der Waals surface area contributed by atoms with E-state index < -0.39 is 0 Å². The zero-order chi connectivity index (χ0) is 15.2. The van der Waals surface area contributed by atoms with Gasteiger partial charge in [-0.1, -0.05) is 0 Å². The number of nitrogens with zero attached hydrogens (tertiary/aromatic N) is 3. The summed E-state index contributed by atoms with van der Waals surface area (Å²) in [5, 5.41) is 2.52. The molecule has 1 aliphatic rings. The molecular formula is C14H20N4O3. The van der Waals surface area contributed by atoms with Gasteiger partial charge in [0, 0.05) is 25.7 Å². The second-order valence-corrected chi connectivity index (χ2v) is 5.07. The summed E-state index contributed by atoms with van der Waals surface area (Å²) in [5.41, 5.74) is 0. The van der Waals surface area contributed by atoms with Gasteiger partial charge in [0.2, 0.25) is 17.7 Å². The number of aromatic nitrogens is 2. The molecule has 1 aliphatic heterocycles. The van der Waals surface area contributed by atoms with E-state index in [1.165, 1.54) is 6.92 Å². The van der Waals surface area contributed by atoms with Gasteiger partial charge < -0.3 is 15.0 Å². The molecule has 1 aromatic rings. The maximum absolute atomic E-state index is 12.0. The average molecular weight is 292 g/mol. The first kappa shape index (κ1) is 15.2. The smallest absolute Gasteiger partial charge is 0.242 e. The molecule has 0 aromatic carbocycles. The summed E-state index contributed by atoms with van der Waals surface area (Å²) in [6, 6.07) is 1.71. The Hall–Kier alpha value is -2.18. The van der Waals surface area contributed by atoms with Gasteiger partial charge in [0.15, 0.2) is 0 Å². The van der Waals surface area contributed by atoms with Gasteiger partial charge in [-0.3, -0.25) is 9.59 Å². The minimum atomic E-state index is -0.204. The van der Waals surface area contributed by atoms with Gasteiger partial charge in [-0.2, -0.15) is 4.98 Å². The van der Waals surface area contributed by atoms with Gasteiger partial charge >= 0.3 is 0 Å². The summed E-state index contributed by atoms with van der Waals surface area (Å²) in [4.78, 5) is 32.8. The van der Waals surface area contributed by atoms with Crippen LogP contribution in [-0.2, 0) is 9.59 Å². The van der Waals surface area contributed by atoms with Gasteiger partial charge in [-0.15, -0.1) is 0 Å². The molecule has 0 radical (unpaired) electrons. The van der Waals surface area contributed by atoms with E-state index in [2.05, 4.69) is 15.3 Å². The van der Waals surface area contributed by atoms with Crippen molar-refractivity contribution >= 4 is 11.8 Å². The van der Waals surface area contributed by atoms with E-state index in [1.807, 2.05) is 0 Å². The van der Waals surface area contributed by atoms with Crippen LogP contribution < -0.4 is 10.1 Å². The third-order valence-electron chi connectivity index (χ3n) is 3.26. The molecule has 0 unspecified atom stereocenters. The van der Waals surface area contributed by atoms with Crippen molar-refractivity contribution in [2.45, 2.75) is 32.8 Å². The van der Waals surface area contributed by atoms with E-state index in [0.717, 1.165) is 12.8 Å². The predicted molar refractivity (Wildman–Crippen MR) is 75.7 cm³/mol. The molecule has 1 N–H and O–H groups in total. The maximum atomic E-state index is 12.0. The summed E-state index contributed by atoms with van der Waals surface area (Å²) in [7, 11) is 0. The number of likely N-dealkylation sites (tertiary alicyclic amines) is 1. The Morgan fingerprint density at radius 1 is 1.52 bits per heavy atom. The summed E-state index contributed by atoms with van der Waals surface area (Å²) in [6.45, 7) is 4.45. The van der Waals surface area contributed by atoms with Gasteiger partial charge in [0.25, 0.3) is 0 Å². The minimum absolute atomic E-state index is 0.0364. The fraction of sp³-hybridized carbons (Fsp3) is 0.571. The van der Waals surface area contributed by atoms with Crippen molar-refractivity contribution < 1.29 is 14.3 Å². The highest BCUT2D eigenvalue weighted by atomic mass is 16.5. The molecule has 2 rings (SSSR count). The van der Waals surface area contributed by atoms with Gasteiger partial charge in [0.1, 0.15) is 11.9 Å². The van der Waals surface area contributed by atoms with Crippen LogP contribution in [0, 0.1) is 6.92 Å². The van der Waals surface area contributed by atoms with Crippen LogP contribution in [-0.4, -0.2) is 52.4 Å². The summed E-state index contributed by atoms with van der Waals surface area (Å²) in [6.07, 6.45) is 3.34. The number of amides is 2. The third kappa shape index (κ3) is 4.70. The molecule has 2 amide bonds. The topological polar surface area (TPSA) is 84.4 Å². The fourth-order valence-corrected chi connectivity index (χ4v) is 2.24. The van der Waals surface area contributed by atoms with Gasteiger partial charge in [-0.05, 0) is 19.8 Å². The van der Waals surface area contributed by atoms with E-state index in [1.54, 1.807) is 24.1 Å². The standard InChI is InChI=1S/C14H20N4O3/c1-10-15-6-5-13(17-10)21-12-4-3-7-18(9-12)14(20)8-16-11(2)19/h5-6,12H,3-4,7-9H2,1-2H3,(H,16,19)/t12-/m0/s1. The van der Waals surface area contributed by atoms with Crippen molar-refractivity contribution in [1.82, 2.24) is 20.2 Å². The molecule has 0 aliphatic carbocycles. The number of nitrogens with one attached hydrogen (secondary N) is 1. The van der Waals surface area contributed by atoms with Crippen LogP contribution in [0.1, 0.15) is 25.6 Å². The lowest BCUT2D eigenvalue weighted by Gasteiger charge is -2.32. The minimum Gasteiger partial charge on any atom is -0.472 e. The largest absolute Gasteiger partial charge is 0.472 e. The number of carbonyl (C=O) groups is 2. The zero-order valence-corrected chi connectivity index (χ0v) is 12.3. The highest BCUT2D eigenvalue weighted by molar-refractivity contribution is 5.83. The lowest BCUT2D eigenvalue weighted by atomic mass is 10.1. The molecule has 7 nitrogen and oxygen atoms in total. The SMILES string of the molecule is CC(=O)NCC(=O)N1CCC[C@H](Oc2ccnc(C)n2)C1. The van der Waals surface area contributed by atoms with Crippen molar-refractivity contribution in [3.8, 4) is 5.88 Å². The molecule has 114 valence electrons. The number of rotatable bonds is 4. The molecule has 1 atom stereocenters. The zero-order valence-electron chi connectivity index (χ0n) is 12.3. The van der Waals surface area contributed by atoms with Gasteiger partial charge in [0.05, 0.1) is 13.1 Å². The molecule has 21 heavy (non-hydrogen) atoms. The molecule has 1 saturated heterocycles. The number of piperidine rings is 1. The first-order chi connectivity index (χ1) is 10.0. The molecular weight excluding hydrogens is 272 g/mol. The lowest BCUT2D eigenvalue weighted by molar-refractivity contribution is -0.134. The Morgan fingerprint density at radius 2 is 2.33 bits per heavy atom. The van der Waals surface area contributed by atoms with E-state index in [0.29, 0.717) is 24.8 Å². The van der Waals surface area contributed by atoms with Crippen LogP contribution in [0.3, 0.4) is 0 Å². The van der Waals surface area contributed by atoms with E-state index in [-0.39, 0.29) is 24.5 Å². The Balaban J connectivity index is 1.88. The summed E-state index contributed by atoms with van der Waals surface area (Å²) < 4.78 is 5.81. The maximum Gasteiger partial charge on any atom is 0.242 e. The molecule has 7 heteroatoms. The Bertz CT molecular complexity index is 521. The fourth-order valence-electron chi connectivity index (χ4n) is 2.24. The molecule has 1 aromatic heterocycles. The van der Waals surface area contributed by atoms with Crippen LogP contribution in [0.4, 0.5) is 0 Å². The quantitative estimate of drug-likeness (QED) is 0.862. The highest BCUT2D eigenvalue weighted by Gasteiger charge is 2.25. The van der Waals surface area contributed by atoms with Crippen LogP contribution in [0.5, 0.6) is 5.88 Å². The van der Waals surface area contributed by atoms with Crippen molar-refractivity contribution in [1.29, 1.82) is 0 Å². The van der Waals surface area contributed by atoms with Crippen molar-refractivity contribution in [2.24, 2.45) is 0 Å².